The van der Waals surface area contributed by atoms with E-state index in [-0.39, 0.29) is 12.2 Å². The lowest BCUT2D eigenvalue weighted by Gasteiger charge is -2.49. The first-order valence-electron chi connectivity index (χ1n) is 8.07. The largest absolute Gasteiger partial charge is 0.446 e. The van der Waals surface area contributed by atoms with Gasteiger partial charge in [0.25, 0.3) is 0 Å². The summed E-state index contributed by atoms with van der Waals surface area (Å²) < 4.78 is 5.70. The molecular weight excluding hydrogens is 268 g/mol. The molecule has 0 aromatic carbocycles. The highest BCUT2D eigenvalue weighted by atomic mass is 16.6. The molecule has 1 radical (unpaired) electrons. The number of ether oxygens (including phenoxy) is 1. The van der Waals surface area contributed by atoms with Gasteiger partial charge in [0.1, 0.15) is 6.10 Å². The number of carbonyl (C=O) groups is 1. The Bertz CT molecular complexity index is 331. The SMILES string of the molecule is CCCN(CCC)C(=O)OC1CC(C)(C)N([O])C(C)(C)C1. The van der Waals surface area contributed by atoms with E-state index in [1.807, 2.05) is 27.7 Å². The van der Waals surface area contributed by atoms with Crippen molar-refractivity contribution in [2.75, 3.05) is 13.1 Å². The number of piperidine rings is 1. The fourth-order valence-corrected chi connectivity index (χ4v) is 3.31. The molecule has 1 saturated heterocycles. The average Bonchev–Trinajstić information content (AvgIpc) is 2.35. The van der Waals surface area contributed by atoms with E-state index in [0.717, 1.165) is 31.0 Å². The Hall–Kier alpha value is -0.810. The van der Waals surface area contributed by atoms with Crippen molar-refractivity contribution in [2.24, 2.45) is 0 Å². The van der Waals surface area contributed by atoms with Gasteiger partial charge in [0.15, 0.2) is 0 Å². The Morgan fingerprint density at radius 1 is 1.10 bits per heavy atom. The van der Waals surface area contributed by atoms with Gasteiger partial charge in [-0.05, 0) is 40.5 Å². The van der Waals surface area contributed by atoms with Crippen molar-refractivity contribution in [1.29, 1.82) is 0 Å². The number of hydrogen-bond donors (Lipinski definition) is 0. The van der Waals surface area contributed by atoms with Gasteiger partial charge < -0.3 is 9.64 Å². The lowest BCUT2D eigenvalue weighted by Crippen LogP contribution is -2.60. The summed E-state index contributed by atoms with van der Waals surface area (Å²) in [4.78, 5) is 14.1. The molecule has 0 atom stereocenters. The summed E-state index contributed by atoms with van der Waals surface area (Å²) in [5, 5.41) is 13.5. The highest BCUT2D eigenvalue weighted by Gasteiger charge is 2.47. The molecule has 1 amide bonds. The zero-order chi connectivity index (χ0) is 16.3. The summed E-state index contributed by atoms with van der Waals surface area (Å²) in [5.74, 6) is 0. The molecule has 21 heavy (non-hydrogen) atoms. The molecular formula is C16H31N2O3. The summed E-state index contributed by atoms with van der Waals surface area (Å²) in [7, 11) is 0. The predicted molar refractivity (Wildman–Crippen MR) is 82.3 cm³/mol. The van der Waals surface area contributed by atoms with Crippen molar-refractivity contribution in [3.63, 3.8) is 0 Å². The van der Waals surface area contributed by atoms with Crippen LogP contribution in [0.4, 0.5) is 4.79 Å². The molecule has 0 aliphatic carbocycles. The Labute approximate surface area is 129 Å². The van der Waals surface area contributed by atoms with Crippen LogP contribution in [-0.4, -0.2) is 46.3 Å². The van der Waals surface area contributed by atoms with E-state index in [2.05, 4.69) is 13.8 Å². The molecule has 0 aromatic heterocycles. The van der Waals surface area contributed by atoms with Crippen molar-refractivity contribution in [3.8, 4) is 0 Å². The molecule has 0 saturated carbocycles. The molecule has 0 aromatic rings. The zero-order valence-electron chi connectivity index (χ0n) is 14.4. The molecule has 123 valence electrons. The average molecular weight is 299 g/mol. The maximum atomic E-state index is 12.3. The molecule has 1 fully saturated rings. The van der Waals surface area contributed by atoms with Gasteiger partial charge in [-0.1, -0.05) is 13.8 Å². The smallest absolute Gasteiger partial charge is 0.410 e. The summed E-state index contributed by atoms with van der Waals surface area (Å²) in [6.07, 6.45) is 2.57. The molecule has 1 heterocycles. The molecule has 5 nitrogen and oxygen atoms in total. The second-order valence-corrected chi connectivity index (χ2v) is 7.32. The van der Waals surface area contributed by atoms with Crippen LogP contribution in [0.3, 0.4) is 0 Å². The molecule has 0 unspecified atom stereocenters. The van der Waals surface area contributed by atoms with Crippen LogP contribution in [0.1, 0.15) is 67.2 Å². The first-order valence-corrected chi connectivity index (χ1v) is 8.07. The summed E-state index contributed by atoms with van der Waals surface area (Å²) in [5.41, 5.74) is -1.01. The fourth-order valence-electron chi connectivity index (χ4n) is 3.31. The topological polar surface area (TPSA) is 52.7 Å². The van der Waals surface area contributed by atoms with Crippen LogP contribution in [0, 0.1) is 0 Å². The molecule has 5 heteroatoms. The van der Waals surface area contributed by atoms with Crippen LogP contribution in [0.2, 0.25) is 0 Å². The minimum absolute atomic E-state index is 0.191. The Balaban J connectivity index is 2.71. The Morgan fingerprint density at radius 2 is 1.52 bits per heavy atom. The first-order chi connectivity index (χ1) is 9.64. The molecule has 0 spiro atoms. The standard InChI is InChI=1S/C16H31N2O3/c1-7-9-17(10-8-2)14(19)21-13-11-15(3,4)18(20)16(5,6)12-13/h13H,7-12H2,1-6H3. The Morgan fingerprint density at radius 3 is 1.90 bits per heavy atom. The lowest BCUT2D eigenvalue weighted by molar-refractivity contribution is -0.298. The normalized spacial score (nSPS) is 22.0. The van der Waals surface area contributed by atoms with Gasteiger partial charge in [-0.15, -0.1) is 10.3 Å². The lowest BCUT2D eigenvalue weighted by atomic mass is 9.80. The predicted octanol–water partition coefficient (Wildman–Crippen LogP) is 3.61. The van der Waals surface area contributed by atoms with Crippen LogP contribution < -0.4 is 0 Å². The van der Waals surface area contributed by atoms with E-state index in [0.29, 0.717) is 12.8 Å². The van der Waals surface area contributed by atoms with Crippen LogP contribution in [0.5, 0.6) is 0 Å². The van der Waals surface area contributed by atoms with Crippen molar-refractivity contribution in [1.82, 2.24) is 9.96 Å². The van der Waals surface area contributed by atoms with Crippen molar-refractivity contribution in [2.45, 2.75) is 84.4 Å². The van der Waals surface area contributed by atoms with Crippen molar-refractivity contribution in [3.05, 3.63) is 0 Å². The third-order valence-electron chi connectivity index (χ3n) is 4.07. The number of carbonyl (C=O) groups excluding carboxylic acids is 1. The third-order valence-corrected chi connectivity index (χ3v) is 4.07. The van der Waals surface area contributed by atoms with E-state index in [1.54, 1.807) is 4.90 Å². The van der Waals surface area contributed by atoms with Crippen molar-refractivity contribution >= 4 is 6.09 Å². The van der Waals surface area contributed by atoms with Crippen LogP contribution in [0.15, 0.2) is 0 Å². The monoisotopic (exact) mass is 299 g/mol. The van der Waals surface area contributed by atoms with Gasteiger partial charge >= 0.3 is 6.09 Å². The highest BCUT2D eigenvalue weighted by molar-refractivity contribution is 5.67. The maximum Gasteiger partial charge on any atom is 0.410 e. The molecule has 1 rings (SSSR count). The van der Waals surface area contributed by atoms with Gasteiger partial charge in [0.2, 0.25) is 0 Å². The van der Waals surface area contributed by atoms with E-state index in [1.165, 1.54) is 0 Å². The quantitative estimate of drug-likeness (QED) is 0.779. The van der Waals surface area contributed by atoms with Crippen LogP contribution in [0.25, 0.3) is 0 Å². The molecule has 1 aliphatic heterocycles. The number of amides is 1. The minimum atomic E-state index is -0.507. The van der Waals surface area contributed by atoms with Crippen LogP contribution in [-0.2, 0) is 9.94 Å². The van der Waals surface area contributed by atoms with E-state index < -0.39 is 11.1 Å². The third kappa shape index (κ3) is 4.58. The minimum Gasteiger partial charge on any atom is -0.446 e. The van der Waals surface area contributed by atoms with Gasteiger partial charge in [-0.2, -0.15) is 0 Å². The molecule has 0 N–H and O–H groups in total. The summed E-state index contributed by atoms with van der Waals surface area (Å²) in [6, 6.07) is 0. The van der Waals surface area contributed by atoms with E-state index in [9.17, 15) is 10.0 Å². The zero-order valence-corrected chi connectivity index (χ0v) is 14.4. The Kier molecular flexibility index (Phi) is 6.05. The van der Waals surface area contributed by atoms with Crippen LogP contribution >= 0.6 is 0 Å². The van der Waals surface area contributed by atoms with E-state index in [4.69, 9.17) is 4.74 Å². The highest BCUT2D eigenvalue weighted by Crippen LogP contribution is 2.38. The number of nitrogens with zero attached hydrogens (tertiary/aromatic N) is 2. The summed E-state index contributed by atoms with van der Waals surface area (Å²) in [6.45, 7) is 13.2. The fraction of sp³-hybridized carbons (Fsp3) is 0.938. The van der Waals surface area contributed by atoms with Gasteiger partial charge in [-0.25, -0.2) is 4.79 Å². The maximum absolute atomic E-state index is 12.3. The van der Waals surface area contributed by atoms with E-state index >= 15 is 0 Å². The number of hydrogen-bond acceptors (Lipinski definition) is 3. The summed E-state index contributed by atoms with van der Waals surface area (Å²) >= 11 is 0. The second kappa shape index (κ2) is 6.97. The van der Waals surface area contributed by atoms with Crippen molar-refractivity contribution < 1.29 is 14.7 Å². The number of rotatable bonds is 5. The first kappa shape index (κ1) is 18.2. The van der Waals surface area contributed by atoms with Gasteiger partial charge in [-0.3, -0.25) is 0 Å². The van der Waals surface area contributed by atoms with Gasteiger partial charge in [0.05, 0.1) is 0 Å². The number of hydroxylamine groups is 2. The van der Waals surface area contributed by atoms with Gasteiger partial charge in [0, 0.05) is 37.0 Å². The molecule has 0 bridgehead atoms. The molecule has 1 aliphatic rings. The second-order valence-electron chi connectivity index (χ2n) is 7.32.